The zero-order valence-electron chi connectivity index (χ0n) is 20.9. The molecular weight excluding hydrogens is 498 g/mol. The van der Waals surface area contributed by atoms with Gasteiger partial charge in [-0.3, -0.25) is 9.78 Å². The Morgan fingerprint density at radius 2 is 1.92 bits per heavy atom. The van der Waals surface area contributed by atoms with Crippen LogP contribution in [0.25, 0.3) is 16.6 Å². The molecule has 0 radical (unpaired) electrons. The zero-order valence-corrected chi connectivity index (χ0v) is 20.9. The van der Waals surface area contributed by atoms with Gasteiger partial charge in [-0.15, -0.1) is 0 Å². The van der Waals surface area contributed by atoms with E-state index < -0.39 is 0 Å². The lowest BCUT2D eigenvalue weighted by Gasteiger charge is -2.29. The van der Waals surface area contributed by atoms with Crippen molar-refractivity contribution in [1.82, 2.24) is 24.4 Å². The Labute approximate surface area is 223 Å². The Morgan fingerprint density at radius 3 is 2.77 bits per heavy atom. The topological polar surface area (TPSA) is 68.0 Å². The number of hydrogen-bond donors (Lipinski definition) is 1. The van der Waals surface area contributed by atoms with Crippen LogP contribution in [0, 0.1) is 11.6 Å². The fraction of sp³-hybridized carbons (Fsp3) is 0.167. The molecule has 2 aliphatic heterocycles. The molecular formula is C30H24F2N6O. The highest BCUT2D eigenvalue weighted by molar-refractivity contribution is 6.02. The fourth-order valence-corrected chi connectivity index (χ4v) is 5.60. The molecule has 2 aliphatic rings. The number of rotatable bonds is 5. The molecule has 1 amide bonds. The third-order valence-corrected chi connectivity index (χ3v) is 7.31. The summed E-state index contributed by atoms with van der Waals surface area (Å²) in [5, 5.41) is 3.65. The average Bonchev–Trinajstić information content (AvgIpc) is 3.61. The van der Waals surface area contributed by atoms with Gasteiger partial charge in [-0.25, -0.2) is 13.8 Å². The van der Waals surface area contributed by atoms with E-state index in [0.29, 0.717) is 40.2 Å². The van der Waals surface area contributed by atoms with Gasteiger partial charge in [-0.2, -0.15) is 0 Å². The average molecular weight is 523 g/mol. The van der Waals surface area contributed by atoms with Crippen molar-refractivity contribution < 1.29 is 13.6 Å². The van der Waals surface area contributed by atoms with Crippen molar-refractivity contribution in [2.24, 2.45) is 0 Å². The van der Waals surface area contributed by atoms with E-state index in [-0.39, 0.29) is 24.1 Å². The number of fused-ring (bicyclic) bond motifs is 4. The summed E-state index contributed by atoms with van der Waals surface area (Å²) in [4.78, 5) is 25.1. The van der Waals surface area contributed by atoms with Crippen LogP contribution < -0.4 is 10.2 Å². The number of amides is 1. The molecule has 0 fully saturated rings. The number of aromatic nitrogens is 4. The van der Waals surface area contributed by atoms with Gasteiger partial charge in [0.25, 0.3) is 5.91 Å². The van der Waals surface area contributed by atoms with Crippen LogP contribution in [0.1, 0.15) is 34.0 Å². The van der Waals surface area contributed by atoms with Crippen molar-refractivity contribution in [3.05, 3.63) is 114 Å². The van der Waals surface area contributed by atoms with Gasteiger partial charge in [-0.1, -0.05) is 12.1 Å². The zero-order chi connectivity index (χ0) is 26.5. The van der Waals surface area contributed by atoms with Gasteiger partial charge in [-0.05, 0) is 73.0 Å². The molecule has 0 saturated heterocycles. The van der Waals surface area contributed by atoms with Gasteiger partial charge in [0.1, 0.15) is 23.1 Å². The number of hydrogen-bond acceptors (Lipinski definition) is 4. The minimum Gasteiger partial charge on any atom is -0.332 e. The number of benzene rings is 2. The second-order valence-corrected chi connectivity index (χ2v) is 9.80. The third-order valence-electron chi connectivity index (χ3n) is 7.31. The van der Waals surface area contributed by atoms with Crippen LogP contribution in [0.3, 0.4) is 0 Å². The van der Waals surface area contributed by atoms with Crippen LogP contribution in [0.15, 0.2) is 79.1 Å². The van der Waals surface area contributed by atoms with Gasteiger partial charge in [0.05, 0.1) is 23.3 Å². The number of allylic oxidation sites excluding steroid dienone is 1. The van der Waals surface area contributed by atoms with Crippen molar-refractivity contribution in [3.63, 3.8) is 0 Å². The maximum absolute atomic E-state index is 14.0. The summed E-state index contributed by atoms with van der Waals surface area (Å²) < 4.78 is 31.8. The Balaban J connectivity index is 1.22. The monoisotopic (exact) mass is 522 g/mol. The predicted octanol–water partition coefficient (Wildman–Crippen LogP) is 5.43. The molecule has 2 aromatic carbocycles. The van der Waals surface area contributed by atoms with Crippen LogP contribution in [0.2, 0.25) is 0 Å². The van der Waals surface area contributed by atoms with E-state index in [9.17, 15) is 13.6 Å². The van der Waals surface area contributed by atoms with Gasteiger partial charge in [0, 0.05) is 36.7 Å². The van der Waals surface area contributed by atoms with Gasteiger partial charge >= 0.3 is 0 Å². The Kier molecular flexibility index (Phi) is 5.50. The minimum absolute atomic E-state index is 0.262. The van der Waals surface area contributed by atoms with Crippen molar-refractivity contribution >= 4 is 34.0 Å². The smallest absolute Gasteiger partial charge is 0.272 e. The highest BCUT2D eigenvalue weighted by atomic mass is 19.1. The molecule has 0 atom stereocenters. The quantitative estimate of drug-likeness (QED) is 0.334. The normalized spacial score (nSPS) is 14.3. The van der Waals surface area contributed by atoms with Gasteiger partial charge < -0.3 is 19.4 Å². The molecule has 7 nitrogen and oxygen atoms in total. The van der Waals surface area contributed by atoms with E-state index in [1.807, 2.05) is 24.4 Å². The van der Waals surface area contributed by atoms with Crippen LogP contribution in [0.5, 0.6) is 0 Å². The summed E-state index contributed by atoms with van der Waals surface area (Å²) in [5.41, 5.74) is 4.38. The highest BCUT2D eigenvalue weighted by Crippen LogP contribution is 2.37. The van der Waals surface area contributed by atoms with E-state index in [1.165, 1.54) is 24.3 Å². The van der Waals surface area contributed by atoms with Gasteiger partial charge in [0.15, 0.2) is 5.82 Å². The van der Waals surface area contributed by atoms with Crippen molar-refractivity contribution in [1.29, 1.82) is 0 Å². The van der Waals surface area contributed by atoms with Crippen LogP contribution in [-0.2, 0) is 19.5 Å². The predicted molar refractivity (Wildman–Crippen MR) is 145 cm³/mol. The number of nitrogens with one attached hydrogen (secondary N) is 1. The largest absolute Gasteiger partial charge is 0.332 e. The first-order valence-corrected chi connectivity index (χ1v) is 12.9. The maximum atomic E-state index is 14.0. The number of halogens is 2. The molecule has 1 N–H and O–H groups in total. The molecule has 0 saturated carbocycles. The number of carbonyl (C=O) groups is 1. The van der Waals surface area contributed by atoms with Gasteiger partial charge in [0.2, 0.25) is 0 Å². The van der Waals surface area contributed by atoms with Crippen molar-refractivity contribution in [3.8, 4) is 0 Å². The maximum Gasteiger partial charge on any atom is 0.272 e. The summed E-state index contributed by atoms with van der Waals surface area (Å²) in [7, 11) is 0. The molecule has 0 bridgehead atoms. The SMILES string of the molecule is O=C(NC1=CCn2c1nc1c2N(c2cccnc2)CCC1)c1cc2cc(F)ccc2n1Cc1cccc(F)c1. The van der Waals surface area contributed by atoms with E-state index in [4.69, 9.17) is 4.98 Å². The van der Waals surface area contributed by atoms with Crippen molar-refractivity contribution in [2.45, 2.75) is 25.9 Å². The van der Waals surface area contributed by atoms with Crippen LogP contribution in [-0.4, -0.2) is 31.6 Å². The third kappa shape index (κ3) is 4.06. The standard InChI is InChI=1S/C30H24F2N6O/c31-21-5-1-4-19(14-21)18-38-26-9-8-22(32)15-20(26)16-27(38)29(39)35-24-10-13-37-28(24)34-25-7-3-12-36(30(25)37)23-6-2-11-33-17-23/h1-2,4-6,8-11,14-17H,3,7,12-13,18H2,(H,35,39). The number of imidazole rings is 1. The molecule has 5 heterocycles. The number of anilines is 2. The Morgan fingerprint density at radius 1 is 1.03 bits per heavy atom. The van der Waals surface area contributed by atoms with Crippen LogP contribution in [0.4, 0.5) is 20.3 Å². The second kappa shape index (κ2) is 9.20. The molecule has 39 heavy (non-hydrogen) atoms. The number of pyridine rings is 1. The van der Waals surface area contributed by atoms with Crippen molar-refractivity contribution in [2.75, 3.05) is 11.4 Å². The number of carbonyl (C=O) groups excluding carboxylic acids is 1. The number of aryl methyl sites for hydroxylation is 1. The number of nitrogens with zero attached hydrogens (tertiary/aromatic N) is 5. The lowest BCUT2D eigenvalue weighted by molar-refractivity contribution is 0.0965. The lowest BCUT2D eigenvalue weighted by Crippen LogP contribution is -2.26. The summed E-state index contributed by atoms with van der Waals surface area (Å²) in [6.45, 7) is 1.71. The van der Waals surface area contributed by atoms with E-state index in [2.05, 4.69) is 19.8 Å². The van der Waals surface area contributed by atoms with E-state index >= 15 is 0 Å². The molecule has 194 valence electrons. The van der Waals surface area contributed by atoms with Crippen LogP contribution >= 0.6 is 0 Å². The summed E-state index contributed by atoms with van der Waals surface area (Å²) in [6.07, 6.45) is 7.39. The second-order valence-electron chi connectivity index (χ2n) is 9.80. The molecule has 9 heteroatoms. The minimum atomic E-state index is -0.387. The highest BCUT2D eigenvalue weighted by Gasteiger charge is 2.31. The lowest BCUT2D eigenvalue weighted by atomic mass is 10.1. The molecule has 0 spiro atoms. The summed E-state index contributed by atoms with van der Waals surface area (Å²) in [6, 6.07) is 16.3. The van der Waals surface area contributed by atoms with E-state index in [1.54, 1.807) is 35.0 Å². The first kappa shape index (κ1) is 23.3. The molecule has 7 rings (SSSR count). The van der Waals surface area contributed by atoms with E-state index in [0.717, 1.165) is 36.6 Å². The Hall–Kier alpha value is -4.79. The first-order chi connectivity index (χ1) is 19.0. The molecule has 3 aromatic heterocycles. The molecule has 0 unspecified atom stereocenters. The summed E-state index contributed by atoms with van der Waals surface area (Å²) >= 11 is 0. The molecule has 5 aromatic rings. The molecule has 0 aliphatic carbocycles. The summed E-state index contributed by atoms with van der Waals surface area (Å²) in [5.74, 6) is 0.658. The Bertz CT molecular complexity index is 1770. The fourth-order valence-electron chi connectivity index (χ4n) is 5.60. The first-order valence-electron chi connectivity index (χ1n) is 12.9.